The van der Waals surface area contributed by atoms with Gasteiger partial charge in [0, 0.05) is 41.1 Å². The van der Waals surface area contributed by atoms with Crippen LogP contribution in [0.2, 0.25) is 10.0 Å². The number of ketones is 1. The van der Waals surface area contributed by atoms with Gasteiger partial charge in [0.2, 0.25) is 0 Å². The van der Waals surface area contributed by atoms with E-state index in [9.17, 15) is 27.2 Å². The second kappa shape index (κ2) is 9.88. The van der Waals surface area contributed by atoms with Gasteiger partial charge in [-0.3, -0.25) is 9.59 Å². The molecule has 0 saturated heterocycles. The molecule has 2 bridgehead atoms. The van der Waals surface area contributed by atoms with Gasteiger partial charge in [-0.25, -0.2) is 4.39 Å². The maximum absolute atomic E-state index is 13.5. The summed E-state index contributed by atoms with van der Waals surface area (Å²) in [5, 5.41) is 5.74. The third-order valence-electron chi connectivity index (χ3n) is 7.33. The van der Waals surface area contributed by atoms with Crippen molar-refractivity contribution in [3.63, 3.8) is 0 Å². The van der Waals surface area contributed by atoms with Gasteiger partial charge in [0.05, 0.1) is 11.6 Å². The number of nitrogens with one attached hydrogen (secondary N) is 2. The van der Waals surface area contributed by atoms with Crippen LogP contribution >= 0.6 is 23.2 Å². The summed E-state index contributed by atoms with van der Waals surface area (Å²) in [6.07, 6.45) is -3.18. The Kier molecular flexibility index (Phi) is 7.02. The standard InChI is InChI=1S/C26H24Cl2F4N2O4/c27-14-1-4-21-16(5-14)19(33-13-26(30,31)32)7-22(38-21)20(35)8-24-10-25(11-24,12-24)34-23(36)9-37-15-2-3-17(28)18(29)6-15/h1-6,19,22,33H,7-13H2,(H,34,36)/t19-,22+,24?,25?/m1/s1. The molecule has 3 fully saturated rings. The molecule has 0 unspecified atom stereocenters. The molecule has 6 nitrogen and oxygen atoms in total. The monoisotopic (exact) mass is 574 g/mol. The first kappa shape index (κ1) is 27.0. The molecule has 2 aromatic carbocycles. The average molecular weight is 575 g/mol. The number of carbonyl (C=O) groups excluding carboxylic acids is 2. The minimum Gasteiger partial charge on any atom is -0.484 e. The molecule has 0 spiro atoms. The highest BCUT2D eigenvalue weighted by Gasteiger charge is 2.68. The number of alkyl halides is 3. The van der Waals surface area contributed by atoms with Crippen molar-refractivity contribution in [3.05, 3.63) is 57.8 Å². The number of amides is 1. The van der Waals surface area contributed by atoms with E-state index < -0.39 is 36.2 Å². The minimum absolute atomic E-state index is 0.0455. The van der Waals surface area contributed by atoms with Gasteiger partial charge in [0.25, 0.3) is 5.91 Å². The van der Waals surface area contributed by atoms with Crippen LogP contribution in [0, 0.1) is 11.2 Å². The number of carbonyl (C=O) groups is 2. The van der Waals surface area contributed by atoms with Crippen molar-refractivity contribution in [1.29, 1.82) is 0 Å². The molecule has 3 saturated carbocycles. The summed E-state index contributed by atoms with van der Waals surface area (Å²) in [7, 11) is 0. The molecule has 3 aliphatic carbocycles. The van der Waals surface area contributed by atoms with E-state index in [2.05, 4.69) is 10.6 Å². The summed E-state index contributed by atoms with van der Waals surface area (Å²) in [4.78, 5) is 25.5. The highest BCUT2D eigenvalue weighted by molar-refractivity contribution is 6.31. The van der Waals surface area contributed by atoms with E-state index in [1.807, 2.05) is 0 Å². The molecule has 1 aliphatic heterocycles. The van der Waals surface area contributed by atoms with Gasteiger partial charge in [-0.05, 0) is 55.0 Å². The topological polar surface area (TPSA) is 76.7 Å². The van der Waals surface area contributed by atoms with E-state index in [0.29, 0.717) is 35.6 Å². The zero-order chi connectivity index (χ0) is 27.3. The lowest BCUT2D eigenvalue weighted by Gasteiger charge is -2.70. The summed E-state index contributed by atoms with van der Waals surface area (Å²) >= 11 is 11.7. The summed E-state index contributed by atoms with van der Waals surface area (Å²) in [6, 6.07) is 7.84. The Balaban J connectivity index is 1.13. The number of halogens is 6. The number of ether oxygens (including phenoxy) is 2. The number of benzene rings is 2. The van der Waals surface area contributed by atoms with Crippen LogP contribution < -0.4 is 20.1 Å². The van der Waals surface area contributed by atoms with Crippen LogP contribution in [-0.2, 0) is 9.59 Å². The Labute approximate surface area is 225 Å². The molecule has 204 valence electrons. The van der Waals surface area contributed by atoms with Crippen LogP contribution in [0.4, 0.5) is 17.6 Å². The fourth-order valence-electron chi connectivity index (χ4n) is 5.92. The zero-order valence-electron chi connectivity index (χ0n) is 20.0. The van der Waals surface area contributed by atoms with Crippen LogP contribution in [0.25, 0.3) is 0 Å². The molecule has 6 rings (SSSR count). The number of hydrogen-bond acceptors (Lipinski definition) is 5. The number of fused-ring (bicyclic) bond motifs is 1. The highest BCUT2D eigenvalue weighted by Crippen LogP contribution is 2.69. The fourth-order valence-corrected chi connectivity index (χ4v) is 6.22. The van der Waals surface area contributed by atoms with Gasteiger partial charge in [0.1, 0.15) is 17.3 Å². The highest BCUT2D eigenvalue weighted by atomic mass is 35.5. The van der Waals surface area contributed by atoms with Crippen molar-refractivity contribution in [2.24, 2.45) is 5.41 Å². The van der Waals surface area contributed by atoms with Gasteiger partial charge >= 0.3 is 6.18 Å². The zero-order valence-corrected chi connectivity index (χ0v) is 21.5. The molecular formula is C26H24Cl2F4N2O4. The lowest BCUT2D eigenvalue weighted by molar-refractivity contribution is -0.175. The minimum atomic E-state index is -4.41. The summed E-state index contributed by atoms with van der Waals surface area (Å²) in [5.74, 6) is -0.671. The van der Waals surface area contributed by atoms with Crippen molar-refractivity contribution in [3.8, 4) is 11.5 Å². The van der Waals surface area contributed by atoms with Gasteiger partial charge < -0.3 is 20.1 Å². The van der Waals surface area contributed by atoms with Crippen LogP contribution in [0.1, 0.15) is 43.7 Å². The molecule has 2 N–H and O–H groups in total. The lowest BCUT2D eigenvalue weighted by Crippen LogP contribution is -2.75. The molecule has 12 heteroatoms. The predicted molar refractivity (Wildman–Crippen MR) is 131 cm³/mol. The van der Waals surface area contributed by atoms with E-state index in [4.69, 9.17) is 32.7 Å². The van der Waals surface area contributed by atoms with Crippen molar-refractivity contribution in [1.82, 2.24) is 10.6 Å². The van der Waals surface area contributed by atoms with E-state index in [-0.39, 0.29) is 47.3 Å². The first-order valence-corrected chi connectivity index (χ1v) is 12.8. The van der Waals surface area contributed by atoms with Crippen LogP contribution in [0.5, 0.6) is 11.5 Å². The SMILES string of the molecule is O=C(COc1ccc(Cl)c(F)c1)NC12CC(CC(=O)[C@@H]3C[C@@H](NCC(F)(F)F)c4cc(Cl)ccc4O3)(C1)C2. The quantitative estimate of drug-likeness (QED) is 0.384. The van der Waals surface area contributed by atoms with Crippen LogP contribution in [0.15, 0.2) is 36.4 Å². The predicted octanol–water partition coefficient (Wildman–Crippen LogP) is 5.55. The van der Waals surface area contributed by atoms with Gasteiger partial charge in [-0.15, -0.1) is 0 Å². The molecule has 2 atom stereocenters. The largest absolute Gasteiger partial charge is 0.484 e. The van der Waals surface area contributed by atoms with Crippen molar-refractivity contribution in [2.75, 3.05) is 13.2 Å². The smallest absolute Gasteiger partial charge is 0.401 e. The Morgan fingerprint density at radius 3 is 2.53 bits per heavy atom. The molecule has 0 aromatic heterocycles. The third kappa shape index (κ3) is 5.72. The Hall–Kier alpha value is -2.56. The van der Waals surface area contributed by atoms with Crippen molar-refractivity contribution in [2.45, 2.75) is 56.0 Å². The Morgan fingerprint density at radius 2 is 1.84 bits per heavy atom. The van der Waals surface area contributed by atoms with Crippen LogP contribution in [-0.4, -0.2) is 42.7 Å². The van der Waals surface area contributed by atoms with E-state index in [1.165, 1.54) is 12.1 Å². The Bertz CT molecular complexity index is 1250. The van der Waals surface area contributed by atoms with Gasteiger partial charge in [-0.1, -0.05) is 23.2 Å². The summed E-state index contributed by atoms with van der Waals surface area (Å²) in [5.41, 5.74) is -0.177. The number of rotatable bonds is 9. The van der Waals surface area contributed by atoms with Gasteiger partial charge in [0.15, 0.2) is 18.5 Å². The number of Topliss-reactive ketones (excluding diaryl/α,β-unsaturated/α-hetero) is 1. The van der Waals surface area contributed by atoms with E-state index in [1.54, 1.807) is 18.2 Å². The summed E-state index contributed by atoms with van der Waals surface area (Å²) < 4.78 is 63.3. The maximum Gasteiger partial charge on any atom is 0.401 e. The van der Waals surface area contributed by atoms with Crippen molar-refractivity contribution < 1.29 is 36.6 Å². The third-order valence-corrected chi connectivity index (χ3v) is 7.87. The average Bonchev–Trinajstić information content (AvgIpc) is 2.80. The second-order valence-electron chi connectivity index (χ2n) is 10.4. The maximum atomic E-state index is 13.5. The Morgan fingerprint density at radius 1 is 1.11 bits per heavy atom. The normalized spacial score (nSPS) is 27.3. The molecule has 1 amide bonds. The van der Waals surface area contributed by atoms with E-state index in [0.717, 1.165) is 6.07 Å². The fraction of sp³-hybridized carbons (Fsp3) is 0.462. The molecule has 38 heavy (non-hydrogen) atoms. The second-order valence-corrected chi connectivity index (χ2v) is 11.3. The molecular weight excluding hydrogens is 551 g/mol. The van der Waals surface area contributed by atoms with Gasteiger partial charge in [-0.2, -0.15) is 13.2 Å². The number of hydrogen-bond donors (Lipinski definition) is 2. The molecule has 4 aliphatic rings. The van der Waals surface area contributed by atoms with Crippen molar-refractivity contribution >= 4 is 34.9 Å². The summed E-state index contributed by atoms with van der Waals surface area (Å²) in [6.45, 7) is -1.49. The molecule has 1 heterocycles. The first-order valence-electron chi connectivity index (χ1n) is 12.0. The molecule has 0 radical (unpaired) electrons. The van der Waals surface area contributed by atoms with Crippen LogP contribution in [0.3, 0.4) is 0 Å². The van der Waals surface area contributed by atoms with E-state index >= 15 is 0 Å². The first-order chi connectivity index (χ1) is 17.8. The molecule has 2 aromatic rings. The lowest BCUT2D eigenvalue weighted by atomic mass is 9.38.